The number of H-pyrrole nitrogens is 1. The van der Waals surface area contributed by atoms with E-state index >= 15 is 0 Å². The number of hydrogen-bond donors (Lipinski definition) is 2. The van der Waals surface area contributed by atoms with Crippen molar-refractivity contribution in [2.24, 2.45) is 0 Å². The summed E-state index contributed by atoms with van der Waals surface area (Å²) < 4.78 is 0. The molecule has 1 atom stereocenters. The van der Waals surface area contributed by atoms with Gasteiger partial charge in [0.1, 0.15) is 12.0 Å². The molecule has 1 aliphatic carbocycles. The maximum Gasteiger partial charge on any atom is 0.243 e. The van der Waals surface area contributed by atoms with Crippen molar-refractivity contribution in [1.82, 2.24) is 20.3 Å². The zero-order valence-corrected chi connectivity index (χ0v) is 15.3. The Morgan fingerprint density at radius 3 is 2.93 bits per heavy atom. The van der Waals surface area contributed by atoms with E-state index in [-0.39, 0.29) is 11.9 Å². The SMILES string of the molecule is C/C=C/C(=O)NC1CCC=C(c2ncnc3[nH]cc(-c4ccccc4)c23)C1. The first-order chi connectivity index (χ1) is 13.3. The van der Waals surface area contributed by atoms with Gasteiger partial charge in [0.15, 0.2) is 0 Å². The van der Waals surface area contributed by atoms with E-state index in [0.717, 1.165) is 52.7 Å². The molecule has 2 N–H and O–H groups in total. The summed E-state index contributed by atoms with van der Waals surface area (Å²) >= 11 is 0. The fraction of sp³-hybridized carbons (Fsp3) is 0.227. The van der Waals surface area contributed by atoms with Crippen molar-refractivity contribution in [3.63, 3.8) is 0 Å². The van der Waals surface area contributed by atoms with Crippen LogP contribution in [0.3, 0.4) is 0 Å². The van der Waals surface area contributed by atoms with Gasteiger partial charge >= 0.3 is 0 Å². The summed E-state index contributed by atoms with van der Waals surface area (Å²) in [7, 11) is 0. The van der Waals surface area contributed by atoms with Gasteiger partial charge in [-0.2, -0.15) is 0 Å². The molecule has 2 aromatic heterocycles. The van der Waals surface area contributed by atoms with Gasteiger partial charge in [0.25, 0.3) is 0 Å². The Morgan fingerprint density at radius 1 is 1.26 bits per heavy atom. The third kappa shape index (κ3) is 3.53. The number of allylic oxidation sites excluding steroid dienone is 2. The van der Waals surface area contributed by atoms with Gasteiger partial charge in [-0.3, -0.25) is 4.79 Å². The molecule has 1 amide bonds. The molecule has 0 saturated carbocycles. The first-order valence-electron chi connectivity index (χ1n) is 9.26. The largest absolute Gasteiger partial charge is 0.349 e. The maximum absolute atomic E-state index is 11.9. The van der Waals surface area contributed by atoms with E-state index in [1.807, 2.05) is 31.3 Å². The minimum absolute atomic E-state index is 0.0387. The Balaban J connectivity index is 1.70. The molecule has 0 spiro atoms. The van der Waals surface area contributed by atoms with Gasteiger partial charge in [-0.05, 0) is 43.4 Å². The molecule has 27 heavy (non-hydrogen) atoms. The standard InChI is InChI=1S/C22H22N4O/c1-2-7-19(27)26-17-11-6-10-16(12-17)21-20-18(15-8-4-3-5-9-15)13-23-22(20)25-14-24-21/h2-5,7-10,13-14,17H,6,11-12H2,1H3,(H,26,27)(H,23,24,25)/b7-2+. The lowest BCUT2D eigenvalue weighted by atomic mass is 9.90. The van der Waals surface area contributed by atoms with Crippen LogP contribution in [0.15, 0.2) is 61.1 Å². The molecule has 0 saturated heterocycles. The number of aromatic nitrogens is 3. The van der Waals surface area contributed by atoms with Gasteiger partial charge in [-0.25, -0.2) is 9.97 Å². The molecule has 0 aliphatic heterocycles. The van der Waals surface area contributed by atoms with Crippen LogP contribution in [0.25, 0.3) is 27.7 Å². The second-order valence-electron chi connectivity index (χ2n) is 6.73. The fourth-order valence-corrected chi connectivity index (χ4v) is 3.68. The number of carbonyl (C=O) groups is 1. The predicted molar refractivity (Wildman–Crippen MR) is 108 cm³/mol. The van der Waals surface area contributed by atoms with Crippen molar-refractivity contribution in [1.29, 1.82) is 0 Å². The topological polar surface area (TPSA) is 70.7 Å². The number of nitrogens with zero attached hydrogens (tertiary/aromatic N) is 2. The van der Waals surface area contributed by atoms with Gasteiger partial charge in [0, 0.05) is 17.8 Å². The molecular formula is C22H22N4O. The smallest absolute Gasteiger partial charge is 0.243 e. The van der Waals surface area contributed by atoms with Crippen molar-refractivity contribution in [3.05, 3.63) is 66.8 Å². The van der Waals surface area contributed by atoms with Crippen LogP contribution in [0.4, 0.5) is 0 Å². The molecule has 5 heteroatoms. The summed E-state index contributed by atoms with van der Waals surface area (Å²) in [6.07, 6.45) is 11.8. The molecule has 2 heterocycles. The number of fused-ring (bicyclic) bond motifs is 1. The first kappa shape index (κ1) is 17.2. The molecule has 0 bridgehead atoms. The van der Waals surface area contributed by atoms with E-state index in [1.54, 1.807) is 18.5 Å². The average Bonchev–Trinajstić information content (AvgIpc) is 3.13. The molecule has 1 aliphatic rings. The van der Waals surface area contributed by atoms with E-state index in [2.05, 4.69) is 38.5 Å². The Hall–Kier alpha value is -3.21. The van der Waals surface area contributed by atoms with Crippen molar-refractivity contribution >= 4 is 22.5 Å². The second kappa shape index (κ2) is 7.58. The van der Waals surface area contributed by atoms with Crippen LogP contribution in [-0.2, 0) is 4.79 Å². The lowest BCUT2D eigenvalue weighted by Crippen LogP contribution is -2.35. The van der Waals surface area contributed by atoms with E-state index in [9.17, 15) is 4.79 Å². The van der Waals surface area contributed by atoms with Gasteiger partial charge in [-0.15, -0.1) is 0 Å². The van der Waals surface area contributed by atoms with Crippen molar-refractivity contribution in [2.75, 3.05) is 0 Å². The summed E-state index contributed by atoms with van der Waals surface area (Å²) in [4.78, 5) is 24.2. The highest BCUT2D eigenvalue weighted by molar-refractivity contribution is 6.00. The van der Waals surface area contributed by atoms with Crippen LogP contribution < -0.4 is 5.32 Å². The Kier molecular flexibility index (Phi) is 4.83. The Morgan fingerprint density at radius 2 is 2.11 bits per heavy atom. The molecule has 3 aromatic rings. The Labute approximate surface area is 158 Å². The van der Waals surface area contributed by atoms with Gasteiger partial charge in [0.2, 0.25) is 5.91 Å². The molecule has 5 nitrogen and oxygen atoms in total. The summed E-state index contributed by atoms with van der Waals surface area (Å²) in [5, 5.41) is 4.13. The van der Waals surface area contributed by atoms with Gasteiger partial charge < -0.3 is 10.3 Å². The van der Waals surface area contributed by atoms with Gasteiger partial charge in [-0.1, -0.05) is 42.5 Å². The number of aromatic amines is 1. The average molecular weight is 358 g/mol. The predicted octanol–water partition coefficient (Wildman–Crippen LogP) is 4.25. The van der Waals surface area contributed by atoms with Crippen molar-refractivity contribution < 1.29 is 4.79 Å². The lowest BCUT2D eigenvalue weighted by Gasteiger charge is -2.23. The highest BCUT2D eigenvalue weighted by Crippen LogP contribution is 2.35. The number of carbonyl (C=O) groups excluding carboxylic acids is 1. The molecular weight excluding hydrogens is 336 g/mol. The third-order valence-electron chi connectivity index (χ3n) is 4.90. The van der Waals surface area contributed by atoms with Crippen LogP contribution in [0.1, 0.15) is 31.9 Å². The first-order valence-corrected chi connectivity index (χ1v) is 9.26. The van der Waals surface area contributed by atoms with Crippen LogP contribution in [0.2, 0.25) is 0 Å². The third-order valence-corrected chi connectivity index (χ3v) is 4.90. The second-order valence-corrected chi connectivity index (χ2v) is 6.73. The molecule has 1 aromatic carbocycles. The van der Waals surface area contributed by atoms with E-state index in [4.69, 9.17) is 0 Å². The lowest BCUT2D eigenvalue weighted by molar-refractivity contribution is -0.117. The van der Waals surface area contributed by atoms with Crippen LogP contribution in [0.5, 0.6) is 0 Å². The monoisotopic (exact) mass is 358 g/mol. The number of nitrogens with one attached hydrogen (secondary N) is 2. The molecule has 0 fully saturated rings. The highest BCUT2D eigenvalue weighted by Gasteiger charge is 2.22. The number of rotatable bonds is 4. The summed E-state index contributed by atoms with van der Waals surface area (Å²) in [6.45, 7) is 1.85. The van der Waals surface area contributed by atoms with E-state index in [1.165, 1.54) is 0 Å². The normalized spacial score (nSPS) is 17.2. The summed E-state index contributed by atoms with van der Waals surface area (Å²) in [5.74, 6) is -0.0387. The summed E-state index contributed by atoms with van der Waals surface area (Å²) in [6, 6.07) is 10.4. The molecule has 0 radical (unpaired) electrons. The van der Waals surface area contributed by atoms with E-state index < -0.39 is 0 Å². The molecule has 4 rings (SSSR count). The fourth-order valence-electron chi connectivity index (χ4n) is 3.68. The van der Waals surface area contributed by atoms with Crippen LogP contribution in [-0.4, -0.2) is 26.9 Å². The van der Waals surface area contributed by atoms with E-state index in [0.29, 0.717) is 0 Å². The van der Waals surface area contributed by atoms with Crippen LogP contribution >= 0.6 is 0 Å². The number of hydrogen-bond acceptors (Lipinski definition) is 3. The zero-order valence-electron chi connectivity index (χ0n) is 15.3. The minimum atomic E-state index is -0.0387. The van der Waals surface area contributed by atoms with Crippen molar-refractivity contribution in [3.8, 4) is 11.1 Å². The Bertz CT molecular complexity index is 1020. The van der Waals surface area contributed by atoms with Crippen molar-refractivity contribution in [2.45, 2.75) is 32.2 Å². The maximum atomic E-state index is 11.9. The van der Waals surface area contributed by atoms with Crippen LogP contribution in [0, 0.1) is 0 Å². The quantitative estimate of drug-likeness (QED) is 0.685. The van der Waals surface area contributed by atoms with Gasteiger partial charge in [0.05, 0.1) is 11.1 Å². The summed E-state index contributed by atoms with van der Waals surface area (Å²) in [5.41, 5.74) is 5.18. The molecule has 1 unspecified atom stereocenters. The number of benzene rings is 1. The zero-order chi connectivity index (χ0) is 18.6. The number of amides is 1. The molecule has 136 valence electrons. The highest BCUT2D eigenvalue weighted by atomic mass is 16.1. The minimum Gasteiger partial charge on any atom is -0.349 e.